The summed E-state index contributed by atoms with van der Waals surface area (Å²) in [6.45, 7) is 10.2. The molecule has 0 unspecified atom stereocenters. The maximum Gasteiger partial charge on any atom is 0.243 e. The van der Waals surface area contributed by atoms with Crippen LogP contribution in [0.15, 0.2) is 23.3 Å². The number of thiazole rings is 1. The van der Waals surface area contributed by atoms with Crippen molar-refractivity contribution in [3.63, 3.8) is 0 Å². The van der Waals surface area contributed by atoms with Crippen molar-refractivity contribution in [2.24, 2.45) is 11.0 Å². The van der Waals surface area contributed by atoms with Crippen LogP contribution in [-0.2, 0) is 16.0 Å². The van der Waals surface area contributed by atoms with Crippen LogP contribution in [-0.4, -0.2) is 35.4 Å². The summed E-state index contributed by atoms with van der Waals surface area (Å²) in [5.41, 5.74) is 10.8. The predicted molar refractivity (Wildman–Crippen MR) is 125 cm³/mol. The first-order valence-electron chi connectivity index (χ1n) is 10.8. The van der Waals surface area contributed by atoms with E-state index in [9.17, 15) is 9.59 Å². The molecule has 0 aliphatic carbocycles. The van der Waals surface area contributed by atoms with Gasteiger partial charge in [0.05, 0.1) is 15.2 Å². The molecule has 2 N–H and O–H groups in total. The van der Waals surface area contributed by atoms with Crippen molar-refractivity contribution in [1.82, 2.24) is 15.6 Å². The molecule has 0 saturated heterocycles. The number of nitrogens with zero attached hydrogens (tertiary/aromatic N) is 4. The molecule has 1 aromatic heterocycles. The zero-order chi connectivity index (χ0) is 23.0. The van der Waals surface area contributed by atoms with E-state index < -0.39 is 6.04 Å². The van der Waals surface area contributed by atoms with Gasteiger partial charge in [0, 0.05) is 30.3 Å². The minimum Gasteiger partial charge on any atom is -0.351 e. The number of fused-ring (bicyclic) bond motifs is 1. The number of aromatic nitrogens is 1. The van der Waals surface area contributed by atoms with Gasteiger partial charge in [0.1, 0.15) is 6.04 Å². The summed E-state index contributed by atoms with van der Waals surface area (Å²) in [6, 6.07) is 5.18. The molecule has 0 aliphatic rings. The normalized spacial score (nSPS) is 14.0. The first-order chi connectivity index (χ1) is 14.8. The molecule has 2 rings (SSSR count). The largest absolute Gasteiger partial charge is 0.351 e. The summed E-state index contributed by atoms with van der Waals surface area (Å²) in [4.78, 5) is 32.6. The summed E-state index contributed by atoms with van der Waals surface area (Å²) in [6.07, 6.45) is 1.42. The van der Waals surface area contributed by atoms with Crippen LogP contribution in [0, 0.1) is 5.92 Å². The van der Waals surface area contributed by atoms with Crippen LogP contribution >= 0.6 is 11.3 Å². The number of hydrogen-bond donors (Lipinski definition) is 2. The standard InChI is InChI=1S/C22H32N6O2S/c1-6-14(5)18(12-24-28-23)27-22(30)17(25-20(29)7-2)11-21-26-16-9-8-15(13(3)4)10-19(16)31-21/h8-10,13-14,17-18H,6-7,11-12H2,1-5H3,(H,25,29)(H,27,30)/t14-,17-,18+/m0/s1. The van der Waals surface area contributed by atoms with Gasteiger partial charge in [-0.15, -0.1) is 11.3 Å². The van der Waals surface area contributed by atoms with E-state index in [1.165, 1.54) is 5.56 Å². The molecule has 0 fully saturated rings. The van der Waals surface area contributed by atoms with Crippen LogP contribution in [0.2, 0.25) is 0 Å². The number of benzene rings is 1. The molecular formula is C22H32N6O2S. The maximum absolute atomic E-state index is 13.1. The predicted octanol–water partition coefficient (Wildman–Crippen LogP) is 4.70. The molecule has 31 heavy (non-hydrogen) atoms. The van der Waals surface area contributed by atoms with Gasteiger partial charge < -0.3 is 10.6 Å². The van der Waals surface area contributed by atoms with Gasteiger partial charge in [0.25, 0.3) is 0 Å². The maximum atomic E-state index is 13.1. The van der Waals surface area contributed by atoms with Crippen LogP contribution in [0.5, 0.6) is 0 Å². The fourth-order valence-electron chi connectivity index (χ4n) is 3.18. The van der Waals surface area contributed by atoms with Crippen LogP contribution in [0.3, 0.4) is 0 Å². The smallest absolute Gasteiger partial charge is 0.243 e. The Bertz CT molecular complexity index is 951. The molecule has 3 atom stereocenters. The Balaban J connectivity index is 2.24. The van der Waals surface area contributed by atoms with Crippen molar-refractivity contribution in [2.75, 3.05) is 6.54 Å². The van der Waals surface area contributed by atoms with Gasteiger partial charge in [-0.05, 0) is 35.1 Å². The van der Waals surface area contributed by atoms with Crippen molar-refractivity contribution in [3.8, 4) is 0 Å². The fourth-order valence-corrected chi connectivity index (χ4v) is 4.24. The highest BCUT2D eigenvalue weighted by molar-refractivity contribution is 7.18. The molecule has 0 spiro atoms. The lowest BCUT2D eigenvalue weighted by molar-refractivity contribution is -0.129. The Morgan fingerprint density at radius 2 is 1.97 bits per heavy atom. The first kappa shape index (κ1) is 24.6. The van der Waals surface area contributed by atoms with Gasteiger partial charge in [-0.2, -0.15) is 0 Å². The van der Waals surface area contributed by atoms with Crippen molar-refractivity contribution >= 4 is 33.4 Å². The van der Waals surface area contributed by atoms with Crippen LogP contribution in [0.25, 0.3) is 20.7 Å². The summed E-state index contributed by atoms with van der Waals surface area (Å²) in [5.74, 6) is 0.0700. The summed E-state index contributed by atoms with van der Waals surface area (Å²) in [5, 5.41) is 10.2. The second-order valence-corrected chi connectivity index (χ2v) is 9.20. The number of amides is 2. The molecule has 0 aliphatic heterocycles. The Morgan fingerprint density at radius 1 is 1.23 bits per heavy atom. The van der Waals surface area contributed by atoms with Gasteiger partial charge in [-0.3, -0.25) is 9.59 Å². The van der Waals surface area contributed by atoms with E-state index >= 15 is 0 Å². The number of rotatable bonds is 11. The Morgan fingerprint density at radius 3 is 2.58 bits per heavy atom. The minimum absolute atomic E-state index is 0.133. The number of nitrogens with one attached hydrogen (secondary N) is 2. The highest BCUT2D eigenvalue weighted by Crippen LogP contribution is 2.27. The summed E-state index contributed by atoms with van der Waals surface area (Å²) >= 11 is 1.54. The highest BCUT2D eigenvalue weighted by atomic mass is 32.1. The molecule has 0 bridgehead atoms. The molecular weight excluding hydrogens is 412 g/mol. The molecule has 168 valence electrons. The van der Waals surface area contributed by atoms with E-state index in [0.29, 0.717) is 12.3 Å². The average Bonchev–Trinajstić information content (AvgIpc) is 3.16. The van der Waals surface area contributed by atoms with Crippen molar-refractivity contribution in [1.29, 1.82) is 0 Å². The number of hydrogen-bond acceptors (Lipinski definition) is 5. The molecule has 2 amide bonds. The minimum atomic E-state index is -0.741. The van der Waals surface area contributed by atoms with Crippen molar-refractivity contribution in [2.45, 2.75) is 71.9 Å². The fraction of sp³-hybridized carbons (Fsp3) is 0.591. The molecule has 0 radical (unpaired) electrons. The van der Waals surface area contributed by atoms with E-state index in [-0.39, 0.29) is 36.7 Å². The second-order valence-electron chi connectivity index (χ2n) is 8.08. The van der Waals surface area contributed by atoms with Gasteiger partial charge in [-0.25, -0.2) is 4.98 Å². The van der Waals surface area contributed by atoms with E-state index in [0.717, 1.165) is 21.6 Å². The monoisotopic (exact) mass is 444 g/mol. The molecule has 1 aromatic carbocycles. The quantitative estimate of drug-likeness (QED) is 0.297. The average molecular weight is 445 g/mol. The van der Waals surface area contributed by atoms with E-state index in [1.807, 2.05) is 19.9 Å². The lowest BCUT2D eigenvalue weighted by Gasteiger charge is -2.25. The number of carbonyl (C=O) groups is 2. The molecule has 8 nitrogen and oxygen atoms in total. The van der Waals surface area contributed by atoms with Crippen LogP contribution in [0.4, 0.5) is 0 Å². The highest BCUT2D eigenvalue weighted by Gasteiger charge is 2.26. The third-order valence-electron chi connectivity index (χ3n) is 5.48. The topological polar surface area (TPSA) is 120 Å². The third-order valence-corrected chi connectivity index (χ3v) is 6.52. The SMILES string of the molecule is CCC(=O)N[C@@H](Cc1nc2ccc(C(C)C)cc2s1)C(=O)N[C@H](CN=[N+]=[N-])[C@@H](C)CC. The zero-order valence-electron chi connectivity index (χ0n) is 18.9. The molecule has 2 aromatic rings. The second kappa shape index (κ2) is 11.7. The zero-order valence-corrected chi connectivity index (χ0v) is 19.7. The Kier molecular flexibility index (Phi) is 9.27. The molecule has 9 heteroatoms. The van der Waals surface area contributed by atoms with Crippen molar-refractivity contribution in [3.05, 3.63) is 39.2 Å². The van der Waals surface area contributed by atoms with Crippen molar-refractivity contribution < 1.29 is 9.59 Å². The van der Waals surface area contributed by atoms with E-state index in [2.05, 4.69) is 51.6 Å². The third kappa shape index (κ3) is 6.94. The number of azide groups is 1. The van der Waals surface area contributed by atoms with Gasteiger partial charge >= 0.3 is 0 Å². The first-order valence-corrected chi connectivity index (χ1v) is 11.6. The van der Waals surface area contributed by atoms with Crippen LogP contribution < -0.4 is 10.6 Å². The van der Waals surface area contributed by atoms with Gasteiger partial charge in [0.15, 0.2) is 0 Å². The summed E-state index contributed by atoms with van der Waals surface area (Å²) in [7, 11) is 0. The van der Waals surface area contributed by atoms with Gasteiger partial charge in [0.2, 0.25) is 11.8 Å². The van der Waals surface area contributed by atoms with E-state index in [1.54, 1.807) is 18.3 Å². The Labute approximate surface area is 187 Å². The lowest BCUT2D eigenvalue weighted by Crippen LogP contribution is -2.52. The Hall–Kier alpha value is -2.64. The molecule has 0 saturated carbocycles. The molecule has 1 heterocycles. The van der Waals surface area contributed by atoms with E-state index in [4.69, 9.17) is 5.53 Å². The summed E-state index contributed by atoms with van der Waals surface area (Å²) < 4.78 is 1.07. The lowest BCUT2D eigenvalue weighted by atomic mass is 9.98. The number of carbonyl (C=O) groups excluding carboxylic acids is 2. The van der Waals surface area contributed by atoms with Crippen LogP contribution in [0.1, 0.15) is 63.9 Å². The van der Waals surface area contributed by atoms with Gasteiger partial charge in [-0.1, -0.05) is 52.2 Å².